The van der Waals surface area contributed by atoms with Crippen LogP contribution in [0.2, 0.25) is 0 Å². The number of benzene rings is 1. The van der Waals surface area contributed by atoms with Crippen LogP contribution in [0.25, 0.3) is 10.9 Å². The van der Waals surface area contributed by atoms with Crippen molar-refractivity contribution in [2.75, 3.05) is 0 Å². The number of nitrogens with one attached hydrogen (secondary N) is 1. The second kappa shape index (κ2) is 3.63. The standard InChI is InChI=1S/C14H20N2/c1-9-12(13(15)14(2,3)4)10-7-5-6-8-11(10)16-9/h5-8,13,16H,15H2,1-4H3/t13-/m0/s1. The van der Waals surface area contributed by atoms with Crippen LogP contribution in [0, 0.1) is 12.3 Å². The van der Waals surface area contributed by atoms with Gasteiger partial charge in [0.05, 0.1) is 0 Å². The minimum absolute atomic E-state index is 0.0589. The normalized spacial score (nSPS) is 14.3. The molecule has 2 heteroatoms. The van der Waals surface area contributed by atoms with Crippen molar-refractivity contribution in [3.8, 4) is 0 Å². The lowest BCUT2D eigenvalue weighted by molar-refractivity contribution is 0.327. The summed E-state index contributed by atoms with van der Waals surface area (Å²) in [6, 6.07) is 8.41. The van der Waals surface area contributed by atoms with Crippen LogP contribution in [0.3, 0.4) is 0 Å². The van der Waals surface area contributed by atoms with Gasteiger partial charge in [-0.05, 0) is 24.0 Å². The van der Waals surface area contributed by atoms with Crippen LogP contribution >= 0.6 is 0 Å². The predicted octanol–water partition coefficient (Wildman–Crippen LogP) is 3.52. The minimum atomic E-state index is 0.0589. The van der Waals surface area contributed by atoms with Crippen LogP contribution in [0.15, 0.2) is 24.3 Å². The Bertz CT molecular complexity index is 503. The molecule has 0 saturated heterocycles. The van der Waals surface area contributed by atoms with Gasteiger partial charge in [-0.1, -0.05) is 39.0 Å². The first-order valence-corrected chi connectivity index (χ1v) is 5.74. The molecule has 0 spiro atoms. The minimum Gasteiger partial charge on any atom is -0.358 e. The SMILES string of the molecule is Cc1[nH]c2ccccc2c1[C@H](N)C(C)(C)C. The van der Waals surface area contributed by atoms with Crippen LogP contribution in [-0.2, 0) is 0 Å². The topological polar surface area (TPSA) is 41.8 Å². The smallest absolute Gasteiger partial charge is 0.0459 e. The predicted molar refractivity (Wildman–Crippen MR) is 69.4 cm³/mol. The molecule has 0 bridgehead atoms. The van der Waals surface area contributed by atoms with Gasteiger partial charge in [-0.15, -0.1) is 0 Å². The van der Waals surface area contributed by atoms with Crippen molar-refractivity contribution < 1.29 is 0 Å². The quantitative estimate of drug-likeness (QED) is 0.752. The summed E-state index contributed by atoms with van der Waals surface area (Å²) < 4.78 is 0. The van der Waals surface area contributed by atoms with Gasteiger partial charge in [-0.2, -0.15) is 0 Å². The Balaban J connectivity index is 2.64. The van der Waals surface area contributed by atoms with E-state index in [0.717, 1.165) is 0 Å². The molecule has 0 amide bonds. The lowest BCUT2D eigenvalue weighted by Gasteiger charge is -2.27. The lowest BCUT2D eigenvalue weighted by atomic mass is 9.82. The number of fused-ring (bicyclic) bond motifs is 1. The zero-order valence-corrected chi connectivity index (χ0v) is 10.5. The third-order valence-corrected chi connectivity index (χ3v) is 3.19. The zero-order chi connectivity index (χ0) is 11.9. The summed E-state index contributed by atoms with van der Waals surface area (Å²) in [5, 5.41) is 1.25. The second-order valence-electron chi connectivity index (χ2n) is 5.55. The van der Waals surface area contributed by atoms with Crippen molar-refractivity contribution in [2.24, 2.45) is 11.1 Å². The molecule has 3 N–H and O–H groups in total. The maximum atomic E-state index is 6.36. The molecule has 0 aliphatic heterocycles. The highest BCUT2D eigenvalue weighted by atomic mass is 14.8. The fraction of sp³-hybridized carbons (Fsp3) is 0.429. The average Bonchev–Trinajstić information content (AvgIpc) is 2.51. The molecule has 0 radical (unpaired) electrons. The van der Waals surface area contributed by atoms with E-state index in [9.17, 15) is 0 Å². The van der Waals surface area contributed by atoms with Crippen LogP contribution < -0.4 is 5.73 Å². The van der Waals surface area contributed by atoms with Crippen molar-refractivity contribution in [2.45, 2.75) is 33.7 Å². The van der Waals surface area contributed by atoms with Crippen molar-refractivity contribution in [3.63, 3.8) is 0 Å². The van der Waals surface area contributed by atoms with E-state index < -0.39 is 0 Å². The highest BCUT2D eigenvalue weighted by Gasteiger charge is 2.26. The molecule has 0 fully saturated rings. The maximum absolute atomic E-state index is 6.36. The van der Waals surface area contributed by atoms with Crippen molar-refractivity contribution >= 4 is 10.9 Å². The molecule has 2 rings (SSSR count). The summed E-state index contributed by atoms with van der Waals surface area (Å²) in [6.07, 6.45) is 0. The van der Waals surface area contributed by atoms with E-state index in [2.05, 4.69) is 50.9 Å². The molecule has 1 aromatic carbocycles. The first-order valence-electron chi connectivity index (χ1n) is 5.74. The number of H-pyrrole nitrogens is 1. The summed E-state index contributed by atoms with van der Waals surface area (Å²) >= 11 is 0. The Morgan fingerprint density at radius 1 is 1.19 bits per heavy atom. The van der Waals surface area contributed by atoms with Crippen LogP contribution in [0.5, 0.6) is 0 Å². The van der Waals surface area contributed by atoms with E-state index in [0.29, 0.717) is 0 Å². The van der Waals surface area contributed by atoms with Gasteiger partial charge < -0.3 is 10.7 Å². The van der Waals surface area contributed by atoms with E-state index in [4.69, 9.17) is 5.73 Å². The van der Waals surface area contributed by atoms with E-state index >= 15 is 0 Å². The van der Waals surface area contributed by atoms with Crippen molar-refractivity contribution in [1.82, 2.24) is 4.98 Å². The van der Waals surface area contributed by atoms with Crippen LogP contribution in [0.1, 0.15) is 38.1 Å². The molecule has 16 heavy (non-hydrogen) atoms. The number of nitrogens with two attached hydrogens (primary N) is 1. The number of hydrogen-bond acceptors (Lipinski definition) is 1. The Morgan fingerprint density at radius 2 is 1.81 bits per heavy atom. The molecule has 2 aromatic rings. The molecule has 1 atom stereocenters. The van der Waals surface area contributed by atoms with Gasteiger partial charge in [0, 0.05) is 22.6 Å². The first kappa shape index (κ1) is 11.2. The summed E-state index contributed by atoms with van der Waals surface area (Å²) in [5.41, 5.74) is 10.1. The number of rotatable bonds is 1. The van der Waals surface area contributed by atoms with E-state index in [1.165, 1.54) is 22.2 Å². The fourth-order valence-electron chi connectivity index (χ4n) is 2.13. The van der Waals surface area contributed by atoms with E-state index in [-0.39, 0.29) is 11.5 Å². The third kappa shape index (κ3) is 1.74. The fourth-order valence-corrected chi connectivity index (χ4v) is 2.13. The second-order valence-corrected chi connectivity index (χ2v) is 5.55. The Kier molecular flexibility index (Phi) is 2.55. The van der Waals surface area contributed by atoms with Gasteiger partial charge in [0.15, 0.2) is 0 Å². The molecule has 0 aliphatic rings. The molecule has 0 aliphatic carbocycles. The summed E-state index contributed by atoms with van der Waals surface area (Å²) in [5.74, 6) is 0. The number of aromatic nitrogens is 1. The third-order valence-electron chi connectivity index (χ3n) is 3.19. The summed E-state index contributed by atoms with van der Waals surface area (Å²) in [4.78, 5) is 3.40. The Hall–Kier alpha value is -1.28. The number of hydrogen-bond donors (Lipinski definition) is 2. The molecule has 0 saturated carbocycles. The van der Waals surface area contributed by atoms with Crippen molar-refractivity contribution in [1.29, 1.82) is 0 Å². The molecular weight excluding hydrogens is 196 g/mol. The molecule has 0 unspecified atom stereocenters. The monoisotopic (exact) mass is 216 g/mol. The maximum Gasteiger partial charge on any atom is 0.0459 e. The lowest BCUT2D eigenvalue weighted by Crippen LogP contribution is -2.26. The molecule has 1 aromatic heterocycles. The highest BCUT2D eigenvalue weighted by molar-refractivity contribution is 5.85. The van der Waals surface area contributed by atoms with Gasteiger partial charge in [-0.25, -0.2) is 0 Å². The Labute approximate surface area is 96.9 Å². The number of aromatic amines is 1. The van der Waals surface area contributed by atoms with Gasteiger partial charge in [0.1, 0.15) is 0 Å². The van der Waals surface area contributed by atoms with E-state index in [1.54, 1.807) is 0 Å². The summed E-state index contributed by atoms with van der Waals surface area (Å²) in [7, 11) is 0. The zero-order valence-electron chi connectivity index (χ0n) is 10.5. The molecule has 86 valence electrons. The number of para-hydroxylation sites is 1. The van der Waals surface area contributed by atoms with Crippen LogP contribution in [-0.4, -0.2) is 4.98 Å². The molecule has 1 heterocycles. The molecular formula is C14H20N2. The largest absolute Gasteiger partial charge is 0.358 e. The summed E-state index contributed by atoms with van der Waals surface area (Å²) in [6.45, 7) is 8.64. The highest BCUT2D eigenvalue weighted by Crippen LogP contribution is 2.36. The number of aryl methyl sites for hydroxylation is 1. The molecule has 2 nitrogen and oxygen atoms in total. The van der Waals surface area contributed by atoms with Gasteiger partial charge in [-0.3, -0.25) is 0 Å². The van der Waals surface area contributed by atoms with E-state index in [1.807, 2.05) is 6.07 Å². The van der Waals surface area contributed by atoms with Gasteiger partial charge in [0.2, 0.25) is 0 Å². The van der Waals surface area contributed by atoms with Gasteiger partial charge >= 0.3 is 0 Å². The average molecular weight is 216 g/mol. The van der Waals surface area contributed by atoms with Crippen LogP contribution in [0.4, 0.5) is 0 Å². The van der Waals surface area contributed by atoms with Crippen molar-refractivity contribution in [3.05, 3.63) is 35.5 Å². The Morgan fingerprint density at radius 3 is 2.44 bits per heavy atom. The van der Waals surface area contributed by atoms with Gasteiger partial charge in [0.25, 0.3) is 0 Å². The first-order chi connectivity index (χ1) is 7.41.